The van der Waals surface area contributed by atoms with Crippen molar-refractivity contribution in [1.82, 2.24) is 19.9 Å². The van der Waals surface area contributed by atoms with Gasteiger partial charge in [0.05, 0.1) is 12.7 Å². The van der Waals surface area contributed by atoms with Gasteiger partial charge in [-0.25, -0.2) is 4.98 Å². The minimum atomic E-state index is -0.797. The van der Waals surface area contributed by atoms with Crippen LogP contribution in [0.1, 0.15) is 11.1 Å². The van der Waals surface area contributed by atoms with Crippen molar-refractivity contribution < 1.29 is 10.2 Å². The number of nitrogens with two attached hydrogens (primary N) is 1. The fourth-order valence-electron chi connectivity index (χ4n) is 2.70. The largest absolute Gasteiger partial charge is 0.394 e. The molecule has 0 radical (unpaired) electrons. The van der Waals surface area contributed by atoms with Crippen molar-refractivity contribution in [2.75, 3.05) is 18.9 Å². The first-order valence-corrected chi connectivity index (χ1v) is 7.79. The second-order valence-electron chi connectivity index (χ2n) is 5.79. The zero-order valence-electron chi connectivity index (χ0n) is 13.3. The highest BCUT2D eigenvalue weighted by Gasteiger charge is 2.18. The van der Waals surface area contributed by atoms with Gasteiger partial charge in [0.25, 0.3) is 0 Å². The van der Waals surface area contributed by atoms with Crippen molar-refractivity contribution >= 4 is 5.95 Å². The smallest absolute Gasteiger partial charge is 0.198 e. The zero-order chi connectivity index (χ0) is 16.9. The quantitative estimate of drug-likeness (QED) is 0.512. The highest BCUT2D eigenvalue weighted by Crippen LogP contribution is 2.24. The first kappa shape index (κ1) is 16.4. The number of aliphatic hydroxyl groups excluding tert-OH is 2. The van der Waals surface area contributed by atoms with E-state index in [2.05, 4.69) is 19.9 Å². The topological polar surface area (TPSA) is 111 Å². The van der Waals surface area contributed by atoms with Crippen molar-refractivity contribution in [2.45, 2.75) is 19.2 Å². The predicted molar refractivity (Wildman–Crippen MR) is 91.1 cm³/mol. The SMILES string of the molecule is Nc1nc2c(CN(Cc3ccccc3)C[C@H](O)CO)cnc-2c[nH]1. The lowest BCUT2D eigenvalue weighted by molar-refractivity contribution is 0.0542. The Morgan fingerprint density at radius 1 is 1.21 bits per heavy atom. The molecule has 5 N–H and O–H groups in total. The van der Waals surface area contributed by atoms with Gasteiger partial charge in [-0.15, -0.1) is 0 Å². The summed E-state index contributed by atoms with van der Waals surface area (Å²) in [7, 11) is 0. The number of hydrogen-bond acceptors (Lipinski definition) is 6. The average Bonchev–Trinajstić information content (AvgIpc) is 2.97. The van der Waals surface area contributed by atoms with Crippen molar-refractivity contribution in [3.05, 3.63) is 53.9 Å². The third-order valence-electron chi connectivity index (χ3n) is 3.82. The van der Waals surface area contributed by atoms with Gasteiger partial charge < -0.3 is 20.9 Å². The molecule has 0 amide bonds. The molecule has 1 aromatic rings. The van der Waals surface area contributed by atoms with Crippen LogP contribution < -0.4 is 5.73 Å². The molecule has 2 heterocycles. The van der Waals surface area contributed by atoms with Crippen molar-refractivity contribution in [3.63, 3.8) is 0 Å². The summed E-state index contributed by atoms with van der Waals surface area (Å²) in [6.07, 6.45) is 2.70. The molecule has 1 aromatic carbocycles. The molecule has 0 bridgehead atoms. The number of aliphatic hydroxyl groups is 2. The number of rotatable bonds is 7. The molecule has 0 aliphatic carbocycles. The van der Waals surface area contributed by atoms with E-state index in [1.807, 2.05) is 30.3 Å². The number of benzene rings is 1. The van der Waals surface area contributed by atoms with Crippen LogP contribution in [0.15, 0.2) is 42.7 Å². The summed E-state index contributed by atoms with van der Waals surface area (Å²) >= 11 is 0. The molecule has 3 rings (SSSR count). The molecular weight excluding hydrogens is 306 g/mol. The van der Waals surface area contributed by atoms with E-state index in [4.69, 9.17) is 10.8 Å². The highest BCUT2D eigenvalue weighted by molar-refractivity contribution is 5.61. The van der Waals surface area contributed by atoms with Gasteiger partial charge in [0.15, 0.2) is 5.95 Å². The Labute approximate surface area is 140 Å². The monoisotopic (exact) mass is 327 g/mol. The van der Waals surface area contributed by atoms with Crippen LogP contribution in [-0.2, 0) is 13.1 Å². The first-order chi connectivity index (χ1) is 11.7. The van der Waals surface area contributed by atoms with Gasteiger partial charge in [0.2, 0.25) is 0 Å². The lowest BCUT2D eigenvalue weighted by atomic mass is 10.1. The van der Waals surface area contributed by atoms with Gasteiger partial charge >= 0.3 is 0 Å². The molecule has 2 aliphatic rings. The Balaban J connectivity index is 1.81. The molecule has 0 saturated heterocycles. The molecule has 0 unspecified atom stereocenters. The lowest BCUT2D eigenvalue weighted by Crippen LogP contribution is -2.33. The summed E-state index contributed by atoms with van der Waals surface area (Å²) in [5.74, 6) is 0.335. The van der Waals surface area contributed by atoms with Gasteiger partial charge in [0, 0.05) is 37.6 Å². The maximum Gasteiger partial charge on any atom is 0.198 e. The van der Waals surface area contributed by atoms with E-state index in [0.717, 1.165) is 22.5 Å². The lowest BCUT2D eigenvalue weighted by Gasteiger charge is -2.24. The summed E-state index contributed by atoms with van der Waals surface area (Å²) in [6.45, 7) is 1.29. The van der Waals surface area contributed by atoms with Crippen molar-refractivity contribution in [3.8, 4) is 11.4 Å². The van der Waals surface area contributed by atoms with E-state index in [-0.39, 0.29) is 6.61 Å². The van der Waals surface area contributed by atoms with Crippen LogP contribution in [0.3, 0.4) is 0 Å². The molecule has 0 aromatic heterocycles. The Bertz CT molecular complexity index is 746. The Morgan fingerprint density at radius 3 is 2.75 bits per heavy atom. The van der Waals surface area contributed by atoms with Gasteiger partial charge in [-0.3, -0.25) is 9.88 Å². The normalized spacial score (nSPS) is 12.8. The van der Waals surface area contributed by atoms with E-state index in [1.54, 1.807) is 12.4 Å². The third kappa shape index (κ3) is 3.88. The van der Waals surface area contributed by atoms with E-state index in [9.17, 15) is 5.11 Å². The van der Waals surface area contributed by atoms with E-state index in [0.29, 0.717) is 25.6 Å². The predicted octanol–water partition coefficient (Wildman–Crippen LogP) is 0.847. The van der Waals surface area contributed by atoms with Crippen molar-refractivity contribution in [2.24, 2.45) is 0 Å². The second-order valence-corrected chi connectivity index (χ2v) is 5.79. The van der Waals surface area contributed by atoms with Gasteiger partial charge in [-0.05, 0) is 5.56 Å². The maximum absolute atomic E-state index is 9.84. The Hall–Kier alpha value is -2.48. The minimum absolute atomic E-state index is 0.272. The number of fused-ring (bicyclic) bond motifs is 1. The maximum atomic E-state index is 9.84. The van der Waals surface area contributed by atoms with Crippen LogP contribution in [0.25, 0.3) is 11.4 Å². The molecule has 7 heteroatoms. The molecule has 7 nitrogen and oxygen atoms in total. The number of H-pyrrole nitrogens is 1. The van der Waals surface area contributed by atoms with E-state index < -0.39 is 6.10 Å². The third-order valence-corrected chi connectivity index (χ3v) is 3.82. The van der Waals surface area contributed by atoms with Crippen LogP contribution in [-0.4, -0.2) is 49.3 Å². The Morgan fingerprint density at radius 2 is 2.00 bits per heavy atom. The fraction of sp³-hybridized carbons (Fsp3) is 0.294. The summed E-state index contributed by atoms with van der Waals surface area (Å²) in [5, 5.41) is 19.0. The van der Waals surface area contributed by atoms with Gasteiger partial charge in [-0.1, -0.05) is 30.3 Å². The molecule has 126 valence electrons. The van der Waals surface area contributed by atoms with E-state index in [1.165, 1.54) is 0 Å². The molecule has 24 heavy (non-hydrogen) atoms. The molecule has 0 fully saturated rings. The van der Waals surface area contributed by atoms with Crippen LogP contribution in [0.5, 0.6) is 0 Å². The molecule has 0 saturated carbocycles. The van der Waals surface area contributed by atoms with Gasteiger partial charge in [0.1, 0.15) is 11.4 Å². The highest BCUT2D eigenvalue weighted by atomic mass is 16.3. The number of aromatic nitrogens is 3. The molecule has 1 atom stereocenters. The van der Waals surface area contributed by atoms with Crippen molar-refractivity contribution in [1.29, 1.82) is 0 Å². The molecular formula is C17H21N5O2. The van der Waals surface area contributed by atoms with Crippen LogP contribution in [0, 0.1) is 0 Å². The summed E-state index contributed by atoms with van der Waals surface area (Å²) in [5.41, 5.74) is 9.30. The summed E-state index contributed by atoms with van der Waals surface area (Å²) < 4.78 is 0. The fourth-order valence-corrected chi connectivity index (χ4v) is 2.70. The molecule has 2 aliphatic heterocycles. The van der Waals surface area contributed by atoms with Crippen LogP contribution in [0.2, 0.25) is 0 Å². The summed E-state index contributed by atoms with van der Waals surface area (Å²) in [6, 6.07) is 9.99. The van der Waals surface area contributed by atoms with E-state index >= 15 is 0 Å². The number of nitrogens with one attached hydrogen (secondary N) is 1. The Kier molecular flexibility index (Phi) is 5.05. The first-order valence-electron chi connectivity index (χ1n) is 7.79. The number of anilines is 1. The minimum Gasteiger partial charge on any atom is -0.394 e. The average molecular weight is 327 g/mol. The summed E-state index contributed by atoms with van der Waals surface area (Å²) in [4.78, 5) is 13.5. The number of nitrogens with zero attached hydrogens (tertiary/aromatic N) is 3. The van der Waals surface area contributed by atoms with Gasteiger partial charge in [-0.2, -0.15) is 0 Å². The second kappa shape index (κ2) is 7.39. The van der Waals surface area contributed by atoms with Crippen LogP contribution >= 0.6 is 0 Å². The van der Waals surface area contributed by atoms with Crippen LogP contribution in [0.4, 0.5) is 5.95 Å². The number of hydrogen-bond donors (Lipinski definition) is 4. The number of aromatic amines is 1. The molecule has 0 spiro atoms. The number of nitrogen functional groups attached to an aromatic ring is 1. The standard InChI is InChI=1S/C17H21N5O2/c18-17-20-7-15-16(21-17)13(6-19-15)9-22(10-14(24)11-23)8-12-4-2-1-3-5-12/h1-7,14,23-24H,8-11H2,(H3,18,20,21)/t14-/m0/s1. The zero-order valence-corrected chi connectivity index (χ0v) is 13.3.